The van der Waals surface area contributed by atoms with Crippen LogP contribution in [0.4, 0.5) is 0 Å². The van der Waals surface area contributed by atoms with E-state index in [-0.39, 0.29) is 5.78 Å². The fourth-order valence-electron chi connectivity index (χ4n) is 2.69. The summed E-state index contributed by atoms with van der Waals surface area (Å²) in [6, 6.07) is 8.04. The van der Waals surface area contributed by atoms with E-state index in [1.165, 1.54) is 0 Å². The number of Topliss-reactive ketones (excluding diaryl/α,β-unsaturated/α-hetero) is 1. The summed E-state index contributed by atoms with van der Waals surface area (Å²) in [7, 11) is 3.36. The lowest BCUT2D eigenvalue weighted by Gasteiger charge is -2.18. The van der Waals surface area contributed by atoms with Gasteiger partial charge in [-0.1, -0.05) is 30.3 Å². The first-order chi connectivity index (χ1) is 10.5. The molecule has 0 radical (unpaired) electrons. The standard InChI is InChI=1S/C19H22O3/c1-12(14(3)20)10-11-15-13(2)18(21-4)16-8-6-7-9-17(16)19(15)22-5/h6-10H,11H2,1-5H3/b12-10-. The van der Waals surface area contributed by atoms with Crippen LogP contribution in [0.2, 0.25) is 0 Å². The molecule has 3 nitrogen and oxygen atoms in total. The van der Waals surface area contributed by atoms with Crippen LogP contribution in [0, 0.1) is 6.92 Å². The molecule has 0 aliphatic rings. The van der Waals surface area contributed by atoms with Crippen LogP contribution in [0.5, 0.6) is 11.5 Å². The predicted octanol–water partition coefficient (Wildman–Crippen LogP) is 4.24. The summed E-state index contributed by atoms with van der Waals surface area (Å²) in [6.07, 6.45) is 2.59. The molecule has 2 aromatic carbocycles. The van der Waals surface area contributed by atoms with Crippen LogP contribution in [0.25, 0.3) is 10.8 Å². The van der Waals surface area contributed by atoms with Gasteiger partial charge in [0.1, 0.15) is 11.5 Å². The van der Waals surface area contributed by atoms with Gasteiger partial charge in [-0.05, 0) is 38.3 Å². The normalized spacial score (nSPS) is 11.6. The lowest BCUT2D eigenvalue weighted by Crippen LogP contribution is -2.01. The molecule has 3 heteroatoms. The topological polar surface area (TPSA) is 35.5 Å². The van der Waals surface area contributed by atoms with Gasteiger partial charge >= 0.3 is 0 Å². The molecule has 2 rings (SSSR count). The Kier molecular flexibility index (Phi) is 4.86. The highest BCUT2D eigenvalue weighted by atomic mass is 16.5. The fourth-order valence-corrected chi connectivity index (χ4v) is 2.69. The van der Waals surface area contributed by atoms with Crippen LogP contribution >= 0.6 is 0 Å². The second kappa shape index (κ2) is 6.65. The van der Waals surface area contributed by atoms with Crippen molar-refractivity contribution in [1.82, 2.24) is 0 Å². The monoisotopic (exact) mass is 298 g/mol. The average molecular weight is 298 g/mol. The first-order valence-electron chi connectivity index (χ1n) is 7.31. The number of fused-ring (bicyclic) bond motifs is 1. The molecule has 0 spiro atoms. The van der Waals surface area contributed by atoms with Gasteiger partial charge < -0.3 is 9.47 Å². The van der Waals surface area contributed by atoms with Crippen molar-refractivity contribution in [3.05, 3.63) is 47.0 Å². The molecule has 0 aliphatic heterocycles. The highest BCUT2D eigenvalue weighted by molar-refractivity contribution is 5.96. The van der Waals surface area contributed by atoms with Gasteiger partial charge in [0.15, 0.2) is 5.78 Å². The first kappa shape index (κ1) is 16.1. The largest absolute Gasteiger partial charge is 0.496 e. The maximum Gasteiger partial charge on any atom is 0.155 e. The minimum absolute atomic E-state index is 0.0874. The van der Waals surface area contributed by atoms with E-state index >= 15 is 0 Å². The number of benzene rings is 2. The highest BCUT2D eigenvalue weighted by Gasteiger charge is 2.17. The molecule has 0 atom stereocenters. The lowest BCUT2D eigenvalue weighted by atomic mass is 9.95. The Hall–Kier alpha value is -2.29. The van der Waals surface area contributed by atoms with Crippen LogP contribution in [-0.4, -0.2) is 20.0 Å². The van der Waals surface area contributed by atoms with Crippen LogP contribution in [0.1, 0.15) is 25.0 Å². The number of hydrogen-bond donors (Lipinski definition) is 0. The van der Waals surface area contributed by atoms with Crippen molar-refractivity contribution in [1.29, 1.82) is 0 Å². The SMILES string of the molecule is COc1c(C)c(C/C=C(/C)C(C)=O)c(OC)c2ccccc12. The Morgan fingerprint density at radius 3 is 2.09 bits per heavy atom. The van der Waals surface area contributed by atoms with Crippen molar-refractivity contribution in [3.63, 3.8) is 0 Å². The zero-order valence-electron chi connectivity index (χ0n) is 13.8. The van der Waals surface area contributed by atoms with Crippen LogP contribution < -0.4 is 9.47 Å². The van der Waals surface area contributed by atoms with Crippen molar-refractivity contribution in [2.45, 2.75) is 27.2 Å². The van der Waals surface area contributed by atoms with E-state index in [0.717, 1.165) is 39.0 Å². The number of carbonyl (C=O) groups is 1. The van der Waals surface area contributed by atoms with E-state index in [2.05, 4.69) is 0 Å². The van der Waals surface area contributed by atoms with Crippen molar-refractivity contribution in [2.24, 2.45) is 0 Å². The van der Waals surface area contributed by atoms with Gasteiger partial charge in [0, 0.05) is 16.3 Å². The van der Waals surface area contributed by atoms with E-state index in [0.29, 0.717) is 6.42 Å². The maximum absolute atomic E-state index is 11.4. The fraction of sp³-hybridized carbons (Fsp3) is 0.316. The van der Waals surface area contributed by atoms with Crippen molar-refractivity contribution in [2.75, 3.05) is 14.2 Å². The average Bonchev–Trinajstić information content (AvgIpc) is 2.52. The van der Waals surface area contributed by atoms with Crippen LogP contribution in [-0.2, 0) is 11.2 Å². The van der Waals surface area contributed by atoms with Crippen LogP contribution in [0.3, 0.4) is 0 Å². The lowest BCUT2D eigenvalue weighted by molar-refractivity contribution is -0.113. The Balaban J connectivity index is 2.69. The van der Waals surface area contributed by atoms with Gasteiger partial charge in [0.25, 0.3) is 0 Å². The zero-order chi connectivity index (χ0) is 16.3. The summed E-state index contributed by atoms with van der Waals surface area (Å²) in [5.41, 5.74) is 2.86. The zero-order valence-corrected chi connectivity index (χ0v) is 13.8. The number of carbonyl (C=O) groups excluding carboxylic acids is 1. The minimum atomic E-state index is 0.0874. The molecular formula is C19H22O3. The van der Waals surface area contributed by atoms with E-state index in [4.69, 9.17) is 9.47 Å². The third kappa shape index (κ3) is 2.84. The molecule has 0 saturated carbocycles. The second-order valence-electron chi connectivity index (χ2n) is 5.36. The molecule has 0 unspecified atom stereocenters. The van der Waals surface area contributed by atoms with E-state index in [1.807, 2.05) is 44.2 Å². The van der Waals surface area contributed by atoms with Crippen molar-refractivity contribution in [3.8, 4) is 11.5 Å². The molecule has 0 fully saturated rings. The van der Waals surface area contributed by atoms with Gasteiger partial charge in [0.05, 0.1) is 14.2 Å². The number of methoxy groups -OCH3 is 2. The molecular weight excluding hydrogens is 276 g/mol. The van der Waals surface area contributed by atoms with Crippen molar-refractivity contribution < 1.29 is 14.3 Å². The summed E-state index contributed by atoms with van der Waals surface area (Å²) >= 11 is 0. The number of hydrogen-bond acceptors (Lipinski definition) is 3. The smallest absolute Gasteiger partial charge is 0.155 e. The van der Waals surface area contributed by atoms with Crippen molar-refractivity contribution >= 4 is 16.6 Å². The number of allylic oxidation sites excluding steroid dienone is 2. The third-order valence-corrected chi connectivity index (χ3v) is 4.06. The second-order valence-corrected chi connectivity index (χ2v) is 5.36. The van der Waals surface area contributed by atoms with Gasteiger partial charge in [-0.15, -0.1) is 0 Å². The number of ether oxygens (including phenoxy) is 2. The Labute approximate surface area is 131 Å². The molecule has 0 heterocycles. The molecule has 116 valence electrons. The number of rotatable bonds is 5. The Morgan fingerprint density at radius 2 is 1.59 bits per heavy atom. The molecule has 2 aromatic rings. The summed E-state index contributed by atoms with van der Waals surface area (Å²) in [6.45, 7) is 5.44. The molecule has 0 N–H and O–H groups in total. The summed E-state index contributed by atoms with van der Waals surface area (Å²) in [4.78, 5) is 11.4. The van der Waals surface area contributed by atoms with E-state index < -0.39 is 0 Å². The predicted molar refractivity (Wildman–Crippen MR) is 89.9 cm³/mol. The Morgan fingerprint density at radius 1 is 1.05 bits per heavy atom. The third-order valence-electron chi connectivity index (χ3n) is 4.06. The van der Waals surface area contributed by atoms with E-state index in [1.54, 1.807) is 21.1 Å². The highest BCUT2D eigenvalue weighted by Crippen LogP contribution is 2.40. The van der Waals surface area contributed by atoms with Gasteiger partial charge in [-0.2, -0.15) is 0 Å². The van der Waals surface area contributed by atoms with E-state index in [9.17, 15) is 4.79 Å². The van der Waals surface area contributed by atoms with Gasteiger partial charge in [-0.25, -0.2) is 0 Å². The molecule has 22 heavy (non-hydrogen) atoms. The summed E-state index contributed by atoms with van der Waals surface area (Å²) < 4.78 is 11.3. The maximum atomic E-state index is 11.4. The Bertz CT molecular complexity index is 742. The van der Waals surface area contributed by atoms with Crippen LogP contribution in [0.15, 0.2) is 35.9 Å². The van der Waals surface area contributed by atoms with Gasteiger partial charge in [-0.3, -0.25) is 4.79 Å². The molecule has 0 aromatic heterocycles. The molecule has 0 aliphatic carbocycles. The molecule has 0 amide bonds. The quantitative estimate of drug-likeness (QED) is 0.774. The van der Waals surface area contributed by atoms with Gasteiger partial charge in [0.2, 0.25) is 0 Å². The minimum Gasteiger partial charge on any atom is -0.496 e. The summed E-state index contributed by atoms with van der Waals surface area (Å²) in [5.74, 6) is 1.80. The number of ketones is 1. The molecule has 0 bridgehead atoms. The summed E-state index contributed by atoms with van der Waals surface area (Å²) in [5, 5.41) is 2.06. The first-order valence-corrected chi connectivity index (χ1v) is 7.31. The molecule has 0 saturated heterocycles.